The quantitative estimate of drug-likeness (QED) is 0.293. The van der Waals surface area contributed by atoms with E-state index >= 15 is 0 Å². The molecule has 1 saturated heterocycles. The van der Waals surface area contributed by atoms with Crippen molar-refractivity contribution in [2.24, 2.45) is 0 Å². The Hall–Kier alpha value is -4.81. The van der Waals surface area contributed by atoms with Crippen molar-refractivity contribution in [3.63, 3.8) is 0 Å². The number of aliphatic hydroxyl groups is 1. The smallest absolute Gasteiger partial charge is 0.335 e. The number of aromatic carboxylic acids is 1. The molecule has 13 heteroatoms. The summed E-state index contributed by atoms with van der Waals surface area (Å²) in [6.45, 7) is 1.51. The Morgan fingerprint density at radius 1 is 0.955 bits per heavy atom. The lowest BCUT2D eigenvalue weighted by atomic mass is 9.89. The van der Waals surface area contributed by atoms with Gasteiger partial charge in [-0.2, -0.15) is 0 Å². The highest BCUT2D eigenvalue weighted by Gasteiger charge is 2.39. The predicted molar refractivity (Wildman–Crippen MR) is 160 cm³/mol. The highest BCUT2D eigenvalue weighted by Crippen LogP contribution is 2.38. The molecule has 0 spiro atoms. The van der Waals surface area contributed by atoms with Crippen molar-refractivity contribution in [1.82, 2.24) is 19.9 Å². The van der Waals surface area contributed by atoms with Gasteiger partial charge in [0.05, 0.1) is 22.9 Å². The van der Waals surface area contributed by atoms with Gasteiger partial charge in [0.15, 0.2) is 11.5 Å². The van der Waals surface area contributed by atoms with E-state index < -0.39 is 29.6 Å². The van der Waals surface area contributed by atoms with Crippen LogP contribution in [0.3, 0.4) is 0 Å². The van der Waals surface area contributed by atoms with Gasteiger partial charge in [0, 0.05) is 31.0 Å². The van der Waals surface area contributed by atoms with Crippen LogP contribution in [0.4, 0.5) is 15.8 Å². The van der Waals surface area contributed by atoms with Crippen molar-refractivity contribution >= 4 is 40.8 Å². The summed E-state index contributed by atoms with van der Waals surface area (Å²) in [5, 5.41) is 29.9. The summed E-state index contributed by atoms with van der Waals surface area (Å²) >= 11 is 5.92. The molecule has 2 aliphatic heterocycles. The highest BCUT2D eigenvalue weighted by atomic mass is 35.5. The van der Waals surface area contributed by atoms with Gasteiger partial charge < -0.3 is 25.3 Å². The van der Waals surface area contributed by atoms with Gasteiger partial charge in [0.2, 0.25) is 0 Å². The number of carboxylic acid groups (broad SMARTS) is 1. The predicted octanol–water partition coefficient (Wildman–Crippen LogP) is 4.10. The highest BCUT2D eigenvalue weighted by molar-refractivity contribution is 6.30. The third-order valence-electron chi connectivity index (χ3n) is 8.00. The largest absolute Gasteiger partial charge is 0.478 e. The molecule has 0 bridgehead atoms. The van der Waals surface area contributed by atoms with Crippen molar-refractivity contribution in [1.29, 1.82) is 0 Å². The van der Waals surface area contributed by atoms with Crippen LogP contribution in [0.2, 0.25) is 5.02 Å². The molecule has 6 rings (SSSR count). The standard InChI is InChI=1S/C31H28ClFN6O5/c32-23-4-2-6-26(27(23)33)39-17-24(35-36-39)30(42)38-16-13-21-22(3-1-5-25(21)37-14-11-20(40)12-15-37)28(38)29(41)34-19-9-7-18(8-10-19)31(43)44/h1-10,17,20,28,40H,11-16H2,(H,34,41)(H,43,44). The molecule has 3 aromatic carbocycles. The van der Waals surface area contributed by atoms with Gasteiger partial charge in [-0.1, -0.05) is 35.0 Å². The molecule has 2 aliphatic rings. The minimum absolute atomic E-state index is 0.0171. The van der Waals surface area contributed by atoms with E-state index in [1.54, 1.807) is 6.07 Å². The monoisotopic (exact) mass is 618 g/mol. The van der Waals surface area contributed by atoms with E-state index in [4.69, 9.17) is 11.6 Å². The first-order chi connectivity index (χ1) is 21.2. The van der Waals surface area contributed by atoms with Crippen molar-refractivity contribution < 1.29 is 29.0 Å². The van der Waals surface area contributed by atoms with Crippen molar-refractivity contribution in [2.45, 2.75) is 31.4 Å². The Morgan fingerprint density at radius 2 is 1.66 bits per heavy atom. The molecule has 1 atom stereocenters. The second kappa shape index (κ2) is 12.1. The molecule has 1 fully saturated rings. The van der Waals surface area contributed by atoms with Gasteiger partial charge >= 0.3 is 5.97 Å². The molecule has 11 nitrogen and oxygen atoms in total. The summed E-state index contributed by atoms with van der Waals surface area (Å²) in [7, 11) is 0. The lowest BCUT2D eigenvalue weighted by Gasteiger charge is -2.39. The lowest BCUT2D eigenvalue weighted by molar-refractivity contribution is -0.121. The maximum atomic E-state index is 14.7. The first-order valence-corrected chi connectivity index (χ1v) is 14.5. The summed E-state index contributed by atoms with van der Waals surface area (Å²) < 4.78 is 15.8. The van der Waals surface area contributed by atoms with Crippen LogP contribution >= 0.6 is 11.6 Å². The topological polar surface area (TPSA) is 141 Å². The fraction of sp³-hybridized carbons (Fsp3) is 0.258. The van der Waals surface area contributed by atoms with Crippen LogP contribution in [0.15, 0.2) is 66.9 Å². The van der Waals surface area contributed by atoms with E-state index in [1.807, 2.05) is 18.2 Å². The third kappa shape index (κ3) is 5.61. The number of carboxylic acids is 1. The normalized spacial score (nSPS) is 16.8. The molecule has 3 heterocycles. The molecular weight excluding hydrogens is 591 g/mol. The average Bonchev–Trinajstić information content (AvgIpc) is 3.52. The van der Waals surface area contributed by atoms with Crippen molar-refractivity contribution in [2.75, 3.05) is 29.9 Å². The van der Waals surface area contributed by atoms with E-state index in [9.17, 15) is 29.0 Å². The molecular formula is C31H28ClFN6O5. The minimum Gasteiger partial charge on any atom is -0.478 e. The average molecular weight is 619 g/mol. The third-order valence-corrected chi connectivity index (χ3v) is 8.29. The van der Waals surface area contributed by atoms with E-state index in [1.165, 1.54) is 47.5 Å². The number of nitrogens with zero attached hydrogens (tertiary/aromatic N) is 5. The van der Waals surface area contributed by atoms with E-state index in [0.717, 1.165) is 15.9 Å². The second-order valence-electron chi connectivity index (χ2n) is 10.7. The number of piperidine rings is 1. The number of fused-ring (bicyclic) bond motifs is 1. The number of hydrogen-bond acceptors (Lipinski definition) is 7. The van der Waals surface area contributed by atoms with Crippen LogP contribution in [-0.2, 0) is 11.2 Å². The molecule has 1 aromatic heterocycles. The number of halogens is 2. The van der Waals surface area contributed by atoms with Crippen molar-refractivity contribution in [3.05, 3.63) is 100 Å². The Bertz CT molecular complexity index is 1740. The summed E-state index contributed by atoms with van der Waals surface area (Å²) in [5.41, 5.74) is 2.88. The van der Waals surface area contributed by atoms with Crippen LogP contribution in [0.1, 0.15) is 50.9 Å². The number of carbonyl (C=O) groups excluding carboxylic acids is 2. The van der Waals surface area contributed by atoms with Gasteiger partial charge in [-0.3, -0.25) is 9.59 Å². The molecule has 1 unspecified atom stereocenters. The van der Waals surface area contributed by atoms with Crippen LogP contribution in [0.5, 0.6) is 0 Å². The molecule has 0 aliphatic carbocycles. The summed E-state index contributed by atoms with van der Waals surface area (Å²) in [4.78, 5) is 42.8. The van der Waals surface area contributed by atoms with Gasteiger partial charge in [0.25, 0.3) is 11.8 Å². The van der Waals surface area contributed by atoms with Gasteiger partial charge in [0.1, 0.15) is 11.7 Å². The number of nitrogens with one attached hydrogen (secondary N) is 1. The zero-order valence-electron chi connectivity index (χ0n) is 23.4. The zero-order chi connectivity index (χ0) is 31.0. The Morgan fingerprint density at radius 3 is 2.39 bits per heavy atom. The summed E-state index contributed by atoms with van der Waals surface area (Å²) in [6, 6.07) is 14.7. The minimum atomic E-state index is -1.09. The molecule has 3 N–H and O–H groups in total. The lowest BCUT2D eigenvalue weighted by Crippen LogP contribution is -2.46. The summed E-state index contributed by atoms with van der Waals surface area (Å²) in [5.74, 6) is -2.88. The fourth-order valence-corrected chi connectivity index (χ4v) is 5.93. The Balaban J connectivity index is 1.35. The summed E-state index contributed by atoms with van der Waals surface area (Å²) in [6.07, 6.45) is 2.67. The number of benzene rings is 3. The Labute approximate surface area is 256 Å². The molecule has 44 heavy (non-hydrogen) atoms. The van der Waals surface area contributed by atoms with Gasteiger partial charge in [-0.05, 0) is 72.9 Å². The van der Waals surface area contributed by atoms with Gasteiger partial charge in [-0.15, -0.1) is 5.10 Å². The number of rotatable bonds is 6. The molecule has 0 saturated carbocycles. The number of hydrogen-bond donors (Lipinski definition) is 3. The van der Waals surface area contributed by atoms with Crippen molar-refractivity contribution in [3.8, 4) is 5.69 Å². The number of aromatic nitrogens is 3. The maximum Gasteiger partial charge on any atom is 0.335 e. The molecule has 2 amide bonds. The van der Waals surface area contributed by atoms with Gasteiger partial charge in [-0.25, -0.2) is 13.9 Å². The first-order valence-electron chi connectivity index (χ1n) is 14.1. The SMILES string of the molecule is O=C(O)c1ccc(NC(=O)C2c3cccc(N4CCC(O)CC4)c3CCN2C(=O)c2cn(-c3cccc(Cl)c3F)nn2)cc1. The first kappa shape index (κ1) is 29.3. The number of carbonyl (C=O) groups is 3. The van der Waals surface area contributed by atoms with E-state index in [2.05, 4.69) is 20.5 Å². The molecule has 0 radical (unpaired) electrons. The number of amides is 2. The van der Waals surface area contributed by atoms with Crippen LogP contribution in [-0.4, -0.2) is 73.6 Å². The van der Waals surface area contributed by atoms with Crippen LogP contribution < -0.4 is 10.2 Å². The van der Waals surface area contributed by atoms with E-state index in [0.29, 0.717) is 43.6 Å². The Kier molecular flexibility index (Phi) is 8.02. The van der Waals surface area contributed by atoms with Crippen LogP contribution in [0, 0.1) is 5.82 Å². The number of anilines is 2. The van der Waals surface area contributed by atoms with Crippen LogP contribution in [0.25, 0.3) is 5.69 Å². The molecule has 226 valence electrons. The fourth-order valence-electron chi connectivity index (χ4n) is 5.76. The second-order valence-corrected chi connectivity index (χ2v) is 11.1. The zero-order valence-corrected chi connectivity index (χ0v) is 24.1. The molecule has 4 aromatic rings. The maximum absolute atomic E-state index is 14.7. The van der Waals surface area contributed by atoms with E-state index in [-0.39, 0.29) is 34.6 Å². The number of aliphatic hydroxyl groups excluding tert-OH is 1.